The molecule has 1 N–H and O–H groups in total. The Hall–Kier alpha value is -0.930. The molecule has 3 heteroatoms. The summed E-state index contributed by atoms with van der Waals surface area (Å²) in [5.74, 6) is 0. The van der Waals surface area contributed by atoms with Gasteiger partial charge in [-0.15, -0.1) is 0 Å². The number of aryl methyl sites for hydroxylation is 1. The van der Waals surface area contributed by atoms with Crippen molar-refractivity contribution in [2.24, 2.45) is 0 Å². The molecule has 1 rings (SSSR count). The molecule has 0 saturated heterocycles. The average Bonchev–Trinajstić information content (AvgIpc) is 2.30. The van der Waals surface area contributed by atoms with Crippen molar-refractivity contribution in [1.29, 1.82) is 0 Å². The van der Waals surface area contributed by atoms with Crippen molar-refractivity contribution in [3.05, 3.63) is 29.6 Å². The number of hydrogen-bond acceptors (Lipinski definition) is 3. The molecule has 0 fully saturated rings. The van der Waals surface area contributed by atoms with Gasteiger partial charge in [-0.2, -0.15) is 0 Å². The van der Waals surface area contributed by atoms with Crippen molar-refractivity contribution in [3.63, 3.8) is 0 Å². The van der Waals surface area contributed by atoms with Crippen molar-refractivity contribution in [1.82, 2.24) is 10.3 Å². The maximum Gasteiger partial charge on any atom is 0.0541 e. The lowest BCUT2D eigenvalue weighted by atomic mass is 10.2. The van der Waals surface area contributed by atoms with E-state index in [1.54, 1.807) is 7.11 Å². The van der Waals surface area contributed by atoms with Crippen LogP contribution < -0.4 is 5.32 Å². The molecule has 0 atom stereocenters. The second-order valence-electron chi connectivity index (χ2n) is 4.06. The molecule has 16 heavy (non-hydrogen) atoms. The lowest BCUT2D eigenvalue weighted by molar-refractivity contribution is 0.192. The average molecular weight is 222 g/mol. The molecule has 0 aliphatic heterocycles. The third-order valence-electron chi connectivity index (χ3n) is 2.48. The van der Waals surface area contributed by atoms with Crippen LogP contribution in [0.2, 0.25) is 0 Å². The van der Waals surface area contributed by atoms with Gasteiger partial charge in [-0.1, -0.05) is 6.07 Å². The van der Waals surface area contributed by atoms with E-state index in [9.17, 15) is 0 Å². The van der Waals surface area contributed by atoms with E-state index in [0.29, 0.717) is 0 Å². The van der Waals surface area contributed by atoms with Crippen molar-refractivity contribution >= 4 is 0 Å². The van der Waals surface area contributed by atoms with E-state index in [4.69, 9.17) is 4.74 Å². The third-order valence-corrected chi connectivity index (χ3v) is 2.48. The third kappa shape index (κ3) is 5.83. The van der Waals surface area contributed by atoms with E-state index in [0.717, 1.165) is 31.8 Å². The van der Waals surface area contributed by atoms with Gasteiger partial charge in [0.05, 0.1) is 5.69 Å². The zero-order chi connectivity index (χ0) is 11.6. The highest BCUT2D eigenvalue weighted by Crippen LogP contribution is 1.98. The highest BCUT2D eigenvalue weighted by Gasteiger charge is 1.93. The molecule has 90 valence electrons. The van der Waals surface area contributed by atoms with Crippen LogP contribution in [0.5, 0.6) is 0 Å². The molecular formula is C13H22N2O. The molecule has 0 unspecified atom stereocenters. The Morgan fingerprint density at radius 3 is 2.81 bits per heavy atom. The number of ether oxygens (including phenoxy) is 1. The first-order valence-electron chi connectivity index (χ1n) is 5.94. The Morgan fingerprint density at radius 1 is 1.25 bits per heavy atom. The molecule has 0 amide bonds. The largest absolute Gasteiger partial charge is 0.385 e. The predicted molar refractivity (Wildman–Crippen MR) is 66.4 cm³/mol. The zero-order valence-corrected chi connectivity index (χ0v) is 10.3. The molecule has 3 nitrogen and oxygen atoms in total. The highest BCUT2D eigenvalue weighted by atomic mass is 16.5. The number of rotatable bonds is 8. The maximum absolute atomic E-state index is 5.00. The Kier molecular flexibility index (Phi) is 6.77. The molecule has 0 spiro atoms. The maximum atomic E-state index is 5.00. The summed E-state index contributed by atoms with van der Waals surface area (Å²) in [5.41, 5.74) is 2.32. The molecule has 1 aromatic heterocycles. The number of nitrogens with one attached hydrogen (secondary N) is 1. The predicted octanol–water partition coefficient (Wildman–Crippen LogP) is 2.30. The van der Waals surface area contributed by atoms with Gasteiger partial charge in [0.15, 0.2) is 0 Å². The van der Waals surface area contributed by atoms with Gasteiger partial charge in [-0.25, -0.2) is 0 Å². The fourth-order valence-electron chi connectivity index (χ4n) is 1.49. The molecule has 1 heterocycles. The molecular weight excluding hydrogens is 200 g/mol. The number of unbranched alkanes of at least 4 members (excludes halogenated alkanes) is 2. The van der Waals surface area contributed by atoms with E-state index >= 15 is 0 Å². The number of aromatic nitrogens is 1. The molecule has 0 saturated carbocycles. The summed E-state index contributed by atoms with van der Waals surface area (Å²) in [6, 6.07) is 4.18. The quantitative estimate of drug-likeness (QED) is 0.685. The van der Waals surface area contributed by atoms with Crippen LogP contribution in [-0.4, -0.2) is 25.2 Å². The summed E-state index contributed by atoms with van der Waals surface area (Å²) in [5, 5.41) is 3.39. The van der Waals surface area contributed by atoms with Gasteiger partial charge < -0.3 is 10.1 Å². The normalized spacial score (nSPS) is 10.6. The number of methoxy groups -OCH3 is 1. The fourth-order valence-corrected chi connectivity index (χ4v) is 1.49. The second-order valence-corrected chi connectivity index (χ2v) is 4.06. The summed E-state index contributed by atoms with van der Waals surface area (Å²) in [6.45, 7) is 4.85. The lowest BCUT2D eigenvalue weighted by Crippen LogP contribution is -2.15. The Labute approximate surface area is 98.2 Å². The summed E-state index contributed by atoms with van der Waals surface area (Å²) in [7, 11) is 1.75. The summed E-state index contributed by atoms with van der Waals surface area (Å²) < 4.78 is 5.00. The Bertz CT molecular complexity index is 272. The van der Waals surface area contributed by atoms with Crippen molar-refractivity contribution in [2.45, 2.75) is 32.7 Å². The Balaban J connectivity index is 2.01. The smallest absolute Gasteiger partial charge is 0.0541 e. The first-order valence-corrected chi connectivity index (χ1v) is 5.94. The summed E-state index contributed by atoms with van der Waals surface area (Å²) in [4.78, 5) is 4.34. The minimum Gasteiger partial charge on any atom is -0.385 e. The molecule has 0 aliphatic carbocycles. The van der Waals surface area contributed by atoms with Gasteiger partial charge in [-0.05, 0) is 44.4 Å². The molecule has 1 aromatic rings. The minimum atomic E-state index is 0.866. The first kappa shape index (κ1) is 13.1. The highest BCUT2D eigenvalue weighted by molar-refractivity contribution is 5.11. The van der Waals surface area contributed by atoms with Gasteiger partial charge in [0.25, 0.3) is 0 Å². The molecule has 0 aromatic carbocycles. The standard InChI is InChI=1S/C13H22N2O/c1-12-6-7-13(15-10-12)11-14-8-4-3-5-9-16-2/h6-7,10,14H,3-5,8-9,11H2,1-2H3. The number of nitrogens with zero attached hydrogens (tertiary/aromatic N) is 1. The van der Waals surface area contributed by atoms with E-state index in [1.807, 2.05) is 6.20 Å². The van der Waals surface area contributed by atoms with Gasteiger partial charge in [0.1, 0.15) is 0 Å². The van der Waals surface area contributed by atoms with E-state index < -0.39 is 0 Å². The molecule has 0 aliphatic rings. The molecule has 0 bridgehead atoms. The molecule has 0 radical (unpaired) electrons. The number of hydrogen-bond donors (Lipinski definition) is 1. The van der Waals surface area contributed by atoms with Crippen LogP contribution >= 0.6 is 0 Å². The van der Waals surface area contributed by atoms with Crippen LogP contribution in [0.1, 0.15) is 30.5 Å². The minimum absolute atomic E-state index is 0.866. The van der Waals surface area contributed by atoms with Gasteiger partial charge >= 0.3 is 0 Å². The first-order chi connectivity index (χ1) is 7.83. The van der Waals surface area contributed by atoms with Crippen molar-refractivity contribution in [2.75, 3.05) is 20.3 Å². The number of pyridine rings is 1. The Morgan fingerprint density at radius 2 is 2.12 bits per heavy atom. The van der Waals surface area contributed by atoms with E-state index in [2.05, 4.69) is 29.4 Å². The summed E-state index contributed by atoms with van der Waals surface area (Å²) in [6.07, 6.45) is 5.49. The van der Waals surface area contributed by atoms with Crippen LogP contribution in [0.3, 0.4) is 0 Å². The topological polar surface area (TPSA) is 34.1 Å². The second kappa shape index (κ2) is 8.25. The van der Waals surface area contributed by atoms with Crippen molar-refractivity contribution in [3.8, 4) is 0 Å². The van der Waals surface area contributed by atoms with Gasteiger partial charge in [-0.3, -0.25) is 4.98 Å². The van der Waals surface area contributed by atoms with Crippen molar-refractivity contribution < 1.29 is 4.74 Å². The lowest BCUT2D eigenvalue weighted by Gasteiger charge is -2.04. The fraction of sp³-hybridized carbons (Fsp3) is 0.615. The summed E-state index contributed by atoms with van der Waals surface area (Å²) >= 11 is 0. The van der Waals surface area contributed by atoms with Crippen LogP contribution in [0.25, 0.3) is 0 Å². The monoisotopic (exact) mass is 222 g/mol. The zero-order valence-electron chi connectivity index (χ0n) is 10.3. The van der Waals surface area contributed by atoms with Crippen LogP contribution in [0, 0.1) is 6.92 Å². The van der Waals surface area contributed by atoms with Gasteiger partial charge in [0.2, 0.25) is 0 Å². The van der Waals surface area contributed by atoms with E-state index in [1.165, 1.54) is 18.4 Å². The van der Waals surface area contributed by atoms with E-state index in [-0.39, 0.29) is 0 Å². The van der Waals surface area contributed by atoms with Crippen LogP contribution in [0.15, 0.2) is 18.3 Å². The van der Waals surface area contributed by atoms with Crippen LogP contribution in [-0.2, 0) is 11.3 Å². The van der Waals surface area contributed by atoms with Gasteiger partial charge in [0, 0.05) is 26.5 Å². The SMILES string of the molecule is COCCCCCNCc1ccc(C)cn1. The van der Waals surface area contributed by atoms with Crippen LogP contribution in [0.4, 0.5) is 0 Å².